The summed E-state index contributed by atoms with van der Waals surface area (Å²) in [5.74, 6) is -0.757. The molecule has 1 aromatic heterocycles. The van der Waals surface area contributed by atoms with Crippen molar-refractivity contribution in [1.29, 1.82) is 5.26 Å². The van der Waals surface area contributed by atoms with Crippen LogP contribution in [0.1, 0.15) is 19.0 Å². The van der Waals surface area contributed by atoms with Crippen molar-refractivity contribution in [1.82, 2.24) is 4.98 Å². The number of rotatable bonds is 2. The highest BCUT2D eigenvalue weighted by atomic mass is 16.4. The summed E-state index contributed by atoms with van der Waals surface area (Å²) >= 11 is 0. The molecule has 2 heterocycles. The Bertz CT molecular complexity index is 495. The molecule has 0 aromatic carbocycles. The first-order valence-corrected chi connectivity index (χ1v) is 5.94. The Morgan fingerprint density at radius 2 is 2.39 bits per heavy atom. The molecule has 5 heteroatoms. The van der Waals surface area contributed by atoms with Crippen LogP contribution in [0.25, 0.3) is 0 Å². The zero-order valence-electron chi connectivity index (χ0n) is 10.2. The molecule has 2 atom stereocenters. The average molecular weight is 245 g/mol. The Morgan fingerprint density at radius 3 is 3.06 bits per heavy atom. The molecule has 1 aliphatic rings. The van der Waals surface area contributed by atoms with Gasteiger partial charge in [0.05, 0.1) is 5.92 Å². The van der Waals surface area contributed by atoms with Crippen molar-refractivity contribution in [2.45, 2.75) is 13.3 Å². The fourth-order valence-electron chi connectivity index (χ4n) is 2.42. The number of carboxylic acid groups (broad SMARTS) is 1. The molecule has 0 spiro atoms. The van der Waals surface area contributed by atoms with Gasteiger partial charge >= 0.3 is 5.97 Å². The standard InChI is InChI=1S/C13H15N3O2/c1-9-4-10(13(17)18)8-16(7-9)12-2-3-15-11(5-12)6-14/h2-3,5,9-10H,4,7-8H2,1H3,(H,17,18). The maximum absolute atomic E-state index is 11.1. The molecule has 2 unspecified atom stereocenters. The van der Waals surface area contributed by atoms with Crippen LogP contribution < -0.4 is 4.90 Å². The second-order valence-electron chi connectivity index (χ2n) is 4.79. The molecule has 0 aliphatic carbocycles. The molecule has 2 rings (SSSR count). The lowest BCUT2D eigenvalue weighted by Crippen LogP contribution is -2.42. The number of hydrogen-bond acceptors (Lipinski definition) is 4. The number of pyridine rings is 1. The molecule has 5 nitrogen and oxygen atoms in total. The van der Waals surface area contributed by atoms with Gasteiger partial charge in [0.1, 0.15) is 11.8 Å². The first-order chi connectivity index (χ1) is 8.60. The Balaban J connectivity index is 2.21. The first kappa shape index (κ1) is 12.4. The van der Waals surface area contributed by atoms with Gasteiger partial charge in [0, 0.05) is 25.0 Å². The lowest BCUT2D eigenvalue weighted by atomic mass is 9.90. The molecular formula is C13H15N3O2. The van der Waals surface area contributed by atoms with E-state index in [0.717, 1.165) is 12.2 Å². The van der Waals surface area contributed by atoms with E-state index in [2.05, 4.69) is 11.9 Å². The monoisotopic (exact) mass is 245 g/mol. The summed E-state index contributed by atoms with van der Waals surface area (Å²) in [5.41, 5.74) is 1.23. The van der Waals surface area contributed by atoms with Gasteiger partial charge in [-0.3, -0.25) is 4.79 Å². The van der Waals surface area contributed by atoms with Crippen LogP contribution in [0.3, 0.4) is 0 Å². The summed E-state index contributed by atoms with van der Waals surface area (Å²) in [4.78, 5) is 17.1. The van der Waals surface area contributed by atoms with Crippen LogP contribution in [0.2, 0.25) is 0 Å². The molecule has 1 aliphatic heterocycles. The van der Waals surface area contributed by atoms with Crippen molar-refractivity contribution >= 4 is 11.7 Å². The lowest BCUT2D eigenvalue weighted by Gasteiger charge is -2.36. The van der Waals surface area contributed by atoms with Crippen LogP contribution in [0.4, 0.5) is 5.69 Å². The van der Waals surface area contributed by atoms with Crippen molar-refractivity contribution in [3.63, 3.8) is 0 Å². The van der Waals surface area contributed by atoms with E-state index in [1.54, 1.807) is 12.3 Å². The minimum atomic E-state index is -0.749. The van der Waals surface area contributed by atoms with Gasteiger partial charge in [-0.05, 0) is 24.5 Å². The number of nitrogens with zero attached hydrogens (tertiary/aromatic N) is 3. The van der Waals surface area contributed by atoms with Crippen molar-refractivity contribution in [2.24, 2.45) is 11.8 Å². The summed E-state index contributed by atoms with van der Waals surface area (Å²) in [6, 6.07) is 5.52. The smallest absolute Gasteiger partial charge is 0.308 e. The third kappa shape index (κ3) is 2.59. The minimum Gasteiger partial charge on any atom is -0.481 e. The predicted molar refractivity (Wildman–Crippen MR) is 66.1 cm³/mol. The van der Waals surface area contributed by atoms with Crippen molar-refractivity contribution in [3.8, 4) is 6.07 Å². The Morgan fingerprint density at radius 1 is 1.61 bits per heavy atom. The molecule has 1 N–H and O–H groups in total. The highest BCUT2D eigenvalue weighted by Crippen LogP contribution is 2.26. The van der Waals surface area contributed by atoms with E-state index in [0.29, 0.717) is 24.6 Å². The molecule has 0 amide bonds. The summed E-state index contributed by atoms with van der Waals surface area (Å²) in [6.45, 7) is 3.36. The maximum atomic E-state index is 11.1. The largest absolute Gasteiger partial charge is 0.481 e. The van der Waals surface area contributed by atoms with Gasteiger partial charge < -0.3 is 10.0 Å². The van der Waals surface area contributed by atoms with E-state index in [1.807, 2.05) is 17.0 Å². The number of piperidine rings is 1. The predicted octanol–water partition coefficient (Wildman–Crippen LogP) is 1.50. The van der Waals surface area contributed by atoms with E-state index in [4.69, 9.17) is 10.4 Å². The number of nitriles is 1. The molecule has 0 saturated carbocycles. The van der Waals surface area contributed by atoms with Gasteiger partial charge in [-0.25, -0.2) is 4.98 Å². The van der Waals surface area contributed by atoms with Crippen molar-refractivity contribution in [3.05, 3.63) is 24.0 Å². The number of carbonyl (C=O) groups is 1. The SMILES string of the molecule is CC1CC(C(=O)O)CN(c2ccnc(C#N)c2)C1. The molecule has 1 saturated heterocycles. The number of carboxylic acids is 1. The van der Waals surface area contributed by atoms with Gasteiger partial charge in [0.25, 0.3) is 0 Å². The van der Waals surface area contributed by atoms with Gasteiger partial charge in [-0.15, -0.1) is 0 Å². The van der Waals surface area contributed by atoms with Crippen LogP contribution in [0.5, 0.6) is 0 Å². The topological polar surface area (TPSA) is 77.2 Å². The van der Waals surface area contributed by atoms with E-state index in [1.165, 1.54) is 0 Å². The molecule has 1 fully saturated rings. The van der Waals surface area contributed by atoms with E-state index < -0.39 is 5.97 Å². The van der Waals surface area contributed by atoms with Gasteiger partial charge in [0.2, 0.25) is 0 Å². The second-order valence-corrected chi connectivity index (χ2v) is 4.79. The second kappa shape index (κ2) is 5.05. The summed E-state index contributed by atoms with van der Waals surface area (Å²) in [7, 11) is 0. The van der Waals surface area contributed by atoms with Crippen molar-refractivity contribution in [2.75, 3.05) is 18.0 Å². The lowest BCUT2D eigenvalue weighted by molar-refractivity contribution is -0.142. The Hall–Kier alpha value is -2.09. The molecule has 18 heavy (non-hydrogen) atoms. The summed E-state index contributed by atoms with van der Waals surface area (Å²) in [5, 5.41) is 18.0. The molecule has 94 valence electrons. The molecular weight excluding hydrogens is 230 g/mol. The third-order valence-corrected chi connectivity index (χ3v) is 3.23. The normalized spacial score (nSPS) is 23.4. The first-order valence-electron chi connectivity index (χ1n) is 5.94. The highest BCUT2D eigenvalue weighted by molar-refractivity contribution is 5.71. The van der Waals surface area contributed by atoms with Gasteiger partial charge in [-0.1, -0.05) is 6.92 Å². The average Bonchev–Trinajstić information content (AvgIpc) is 2.38. The Labute approximate surface area is 106 Å². The van der Waals surface area contributed by atoms with Crippen LogP contribution in [-0.2, 0) is 4.79 Å². The molecule has 1 aromatic rings. The van der Waals surface area contributed by atoms with Gasteiger partial charge in [-0.2, -0.15) is 5.26 Å². The van der Waals surface area contributed by atoms with Crippen LogP contribution >= 0.6 is 0 Å². The number of anilines is 1. The van der Waals surface area contributed by atoms with Crippen LogP contribution in [-0.4, -0.2) is 29.1 Å². The van der Waals surface area contributed by atoms with Crippen LogP contribution in [0, 0.1) is 23.2 Å². The Kier molecular flexibility index (Phi) is 3.47. The number of aliphatic carboxylic acids is 1. The zero-order valence-corrected chi connectivity index (χ0v) is 10.2. The van der Waals surface area contributed by atoms with E-state index in [-0.39, 0.29) is 5.92 Å². The van der Waals surface area contributed by atoms with Crippen LogP contribution in [0.15, 0.2) is 18.3 Å². The molecule has 0 bridgehead atoms. The van der Waals surface area contributed by atoms with Gasteiger partial charge in [0.15, 0.2) is 0 Å². The fraction of sp³-hybridized carbons (Fsp3) is 0.462. The minimum absolute atomic E-state index is 0.332. The quantitative estimate of drug-likeness (QED) is 0.854. The van der Waals surface area contributed by atoms with Crippen molar-refractivity contribution < 1.29 is 9.90 Å². The maximum Gasteiger partial charge on any atom is 0.308 e. The number of hydrogen-bond donors (Lipinski definition) is 1. The summed E-state index contributed by atoms with van der Waals surface area (Å²) < 4.78 is 0. The fourth-order valence-corrected chi connectivity index (χ4v) is 2.42. The molecule has 0 radical (unpaired) electrons. The number of aromatic nitrogens is 1. The summed E-state index contributed by atoms with van der Waals surface area (Å²) in [6.07, 6.45) is 2.30. The zero-order chi connectivity index (χ0) is 13.1. The van der Waals surface area contributed by atoms with E-state index in [9.17, 15) is 4.79 Å². The van der Waals surface area contributed by atoms with E-state index >= 15 is 0 Å². The third-order valence-electron chi connectivity index (χ3n) is 3.23. The highest BCUT2D eigenvalue weighted by Gasteiger charge is 2.29.